The Hall–Kier alpha value is -5.42. The Kier molecular flexibility index (Phi) is 10.2. The molecule has 0 aliphatic carbocycles. The van der Waals surface area contributed by atoms with Crippen LogP contribution in [0.5, 0.6) is 23.0 Å². The van der Waals surface area contributed by atoms with E-state index in [-0.39, 0.29) is 17.4 Å². The predicted octanol–water partition coefficient (Wildman–Crippen LogP) is 5.62. The van der Waals surface area contributed by atoms with Crippen molar-refractivity contribution in [3.05, 3.63) is 108 Å². The van der Waals surface area contributed by atoms with Gasteiger partial charge >= 0.3 is 0 Å². The van der Waals surface area contributed by atoms with E-state index < -0.39 is 11.8 Å². The summed E-state index contributed by atoms with van der Waals surface area (Å²) in [6.07, 6.45) is 1.53. The molecule has 0 saturated carbocycles. The zero-order chi connectivity index (χ0) is 31.6. The minimum Gasteiger partial charge on any atom is -0.493 e. The van der Waals surface area contributed by atoms with E-state index in [1.54, 1.807) is 84.9 Å². The fourth-order valence-corrected chi connectivity index (χ4v) is 5.21. The quantitative estimate of drug-likeness (QED) is 0.145. The van der Waals surface area contributed by atoms with Gasteiger partial charge in [0, 0.05) is 33.5 Å². The molecule has 230 valence electrons. The number of methoxy groups -OCH3 is 2. The van der Waals surface area contributed by atoms with Gasteiger partial charge in [0.05, 0.1) is 20.0 Å². The number of ether oxygens (including phenoxy) is 4. The lowest BCUT2D eigenvalue weighted by molar-refractivity contribution is -0.114. The van der Waals surface area contributed by atoms with Gasteiger partial charge in [0.2, 0.25) is 5.91 Å². The smallest absolute Gasteiger partial charge is 0.272 e. The second-order valence-electron chi connectivity index (χ2n) is 9.64. The Morgan fingerprint density at radius 3 is 2.33 bits per heavy atom. The molecule has 1 aliphatic heterocycles. The highest BCUT2D eigenvalue weighted by molar-refractivity contribution is 8.00. The maximum Gasteiger partial charge on any atom is 0.272 e. The van der Waals surface area contributed by atoms with E-state index in [1.807, 2.05) is 6.07 Å². The van der Waals surface area contributed by atoms with Crippen molar-refractivity contribution in [3.8, 4) is 23.0 Å². The minimum absolute atomic E-state index is 0.00716. The average molecular weight is 626 g/mol. The Bertz CT molecular complexity index is 1730. The molecular formula is C34H31N3O7S. The maximum absolute atomic E-state index is 13.6. The SMILES string of the molecule is COc1cccc(/C=C(/NC(=O)c2ccccc2)C(=O)Nc2cccc(SCC(=O)Nc3ccc4c(c3)OCCO4)c2)c1OC. The van der Waals surface area contributed by atoms with Gasteiger partial charge in [-0.25, -0.2) is 0 Å². The largest absolute Gasteiger partial charge is 0.493 e. The number of rotatable bonds is 11. The second kappa shape index (κ2) is 14.8. The fourth-order valence-electron chi connectivity index (χ4n) is 4.45. The van der Waals surface area contributed by atoms with Crippen LogP contribution in [-0.2, 0) is 9.59 Å². The zero-order valence-electron chi connectivity index (χ0n) is 24.6. The third-order valence-electron chi connectivity index (χ3n) is 6.55. The van der Waals surface area contributed by atoms with E-state index >= 15 is 0 Å². The molecule has 0 bridgehead atoms. The van der Waals surface area contributed by atoms with Crippen LogP contribution >= 0.6 is 11.8 Å². The van der Waals surface area contributed by atoms with E-state index in [2.05, 4.69) is 16.0 Å². The molecule has 3 amide bonds. The molecule has 0 fully saturated rings. The van der Waals surface area contributed by atoms with E-state index in [4.69, 9.17) is 18.9 Å². The summed E-state index contributed by atoms with van der Waals surface area (Å²) < 4.78 is 22.0. The number of anilines is 2. The Labute approximate surface area is 264 Å². The minimum atomic E-state index is -0.553. The Morgan fingerprint density at radius 1 is 0.800 bits per heavy atom. The van der Waals surface area contributed by atoms with Gasteiger partial charge in [-0.2, -0.15) is 0 Å². The lowest BCUT2D eigenvalue weighted by atomic mass is 10.1. The van der Waals surface area contributed by atoms with Gasteiger partial charge in [-0.3, -0.25) is 14.4 Å². The highest BCUT2D eigenvalue weighted by Gasteiger charge is 2.18. The lowest BCUT2D eigenvalue weighted by Gasteiger charge is -2.19. The number of nitrogens with one attached hydrogen (secondary N) is 3. The van der Waals surface area contributed by atoms with E-state index in [1.165, 1.54) is 32.1 Å². The number of fused-ring (bicyclic) bond motifs is 1. The summed E-state index contributed by atoms with van der Waals surface area (Å²) in [5.41, 5.74) is 2.00. The summed E-state index contributed by atoms with van der Waals surface area (Å²) in [5, 5.41) is 8.44. The van der Waals surface area contributed by atoms with Crippen LogP contribution < -0.4 is 34.9 Å². The molecule has 0 saturated heterocycles. The number of benzene rings is 4. The predicted molar refractivity (Wildman–Crippen MR) is 173 cm³/mol. The number of amides is 3. The van der Waals surface area contributed by atoms with Crippen LogP contribution in [0.1, 0.15) is 15.9 Å². The van der Waals surface area contributed by atoms with Crippen molar-refractivity contribution in [1.29, 1.82) is 0 Å². The van der Waals surface area contributed by atoms with Crippen LogP contribution in [0.25, 0.3) is 6.08 Å². The number of hydrogen-bond acceptors (Lipinski definition) is 8. The third-order valence-corrected chi connectivity index (χ3v) is 7.54. The summed E-state index contributed by atoms with van der Waals surface area (Å²) in [7, 11) is 3.01. The highest BCUT2D eigenvalue weighted by Crippen LogP contribution is 2.33. The molecule has 10 nitrogen and oxygen atoms in total. The van der Waals surface area contributed by atoms with Gasteiger partial charge in [-0.15, -0.1) is 11.8 Å². The molecule has 0 spiro atoms. The van der Waals surface area contributed by atoms with Gasteiger partial charge in [0.15, 0.2) is 23.0 Å². The van der Waals surface area contributed by atoms with Crippen LogP contribution in [0, 0.1) is 0 Å². The second-order valence-corrected chi connectivity index (χ2v) is 10.7. The molecule has 0 radical (unpaired) electrons. The number of carbonyl (C=O) groups is 3. The molecule has 1 aliphatic rings. The summed E-state index contributed by atoms with van der Waals surface area (Å²) in [6.45, 7) is 0.949. The van der Waals surface area contributed by atoms with Gasteiger partial charge in [0.25, 0.3) is 11.8 Å². The van der Waals surface area contributed by atoms with Crippen LogP contribution in [0.15, 0.2) is 102 Å². The lowest BCUT2D eigenvalue weighted by Crippen LogP contribution is -2.30. The molecule has 4 aromatic carbocycles. The molecule has 0 aromatic heterocycles. The number of carbonyl (C=O) groups excluding carboxylic acids is 3. The molecule has 1 heterocycles. The van der Waals surface area contributed by atoms with Gasteiger partial charge in [0.1, 0.15) is 18.9 Å². The topological polar surface area (TPSA) is 124 Å². The zero-order valence-corrected chi connectivity index (χ0v) is 25.4. The number of hydrogen-bond donors (Lipinski definition) is 3. The molecule has 3 N–H and O–H groups in total. The van der Waals surface area contributed by atoms with E-state index in [0.29, 0.717) is 58.7 Å². The van der Waals surface area contributed by atoms with Crippen molar-refractivity contribution >= 4 is 46.9 Å². The Balaban J connectivity index is 1.29. The molecule has 4 aromatic rings. The molecule has 0 atom stereocenters. The first kappa shape index (κ1) is 31.0. The van der Waals surface area contributed by atoms with Gasteiger partial charge in [-0.05, 0) is 54.6 Å². The molecule has 0 unspecified atom stereocenters. The van der Waals surface area contributed by atoms with Crippen molar-refractivity contribution in [2.45, 2.75) is 4.90 Å². The van der Waals surface area contributed by atoms with Crippen molar-refractivity contribution in [2.75, 3.05) is 43.8 Å². The molecule has 11 heteroatoms. The highest BCUT2D eigenvalue weighted by atomic mass is 32.2. The first-order valence-electron chi connectivity index (χ1n) is 14.0. The average Bonchev–Trinajstić information content (AvgIpc) is 3.07. The maximum atomic E-state index is 13.6. The monoisotopic (exact) mass is 625 g/mol. The summed E-state index contributed by atoms with van der Waals surface area (Å²) in [4.78, 5) is 40.0. The van der Waals surface area contributed by atoms with Crippen LogP contribution in [-0.4, -0.2) is 50.9 Å². The molecule has 45 heavy (non-hydrogen) atoms. The third kappa shape index (κ3) is 8.15. The summed E-state index contributed by atoms with van der Waals surface area (Å²) in [6, 6.07) is 26.2. The van der Waals surface area contributed by atoms with Gasteiger partial charge < -0.3 is 34.9 Å². The fraction of sp³-hybridized carbons (Fsp3) is 0.147. The first-order chi connectivity index (χ1) is 21.9. The molecular weight excluding hydrogens is 594 g/mol. The summed E-state index contributed by atoms with van der Waals surface area (Å²) in [5.74, 6) is 1.05. The van der Waals surface area contributed by atoms with E-state index in [0.717, 1.165) is 4.90 Å². The van der Waals surface area contributed by atoms with Crippen molar-refractivity contribution in [3.63, 3.8) is 0 Å². The summed E-state index contributed by atoms with van der Waals surface area (Å²) >= 11 is 1.31. The van der Waals surface area contributed by atoms with Crippen LogP contribution in [0.4, 0.5) is 11.4 Å². The van der Waals surface area contributed by atoms with Crippen molar-refractivity contribution < 1.29 is 33.3 Å². The first-order valence-corrected chi connectivity index (χ1v) is 14.9. The Morgan fingerprint density at radius 2 is 1.56 bits per heavy atom. The van der Waals surface area contributed by atoms with E-state index in [9.17, 15) is 14.4 Å². The number of thioether (sulfide) groups is 1. The van der Waals surface area contributed by atoms with Crippen LogP contribution in [0.3, 0.4) is 0 Å². The van der Waals surface area contributed by atoms with Gasteiger partial charge in [-0.1, -0.05) is 36.4 Å². The number of para-hydroxylation sites is 1. The van der Waals surface area contributed by atoms with Crippen LogP contribution in [0.2, 0.25) is 0 Å². The van der Waals surface area contributed by atoms with Crippen molar-refractivity contribution in [2.24, 2.45) is 0 Å². The standard InChI is InChI=1S/C34H31N3O7S/c1-41-29-13-6-10-23(32(29)42-2)18-27(37-33(39)22-8-4-3-5-9-22)34(40)36-24-11-7-12-26(19-24)45-21-31(38)35-25-14-15-28-30(20-25)44-17-16-43-28/h3-15,18-20H,16-17,21H2,1-2H3,(H,35,38)(H,36,40)(H,37,39)/b27-18+. The normalized spacial score (nSPS) is 12.1. The molecule has 5 rings (SSSR count). The van der Waals surface area contributed by atoms with Crippen molar-refractivity contribution in [1.82, 2.24) is 5.32 Å².